The van der Waals surface area contributed by atoms with Gasteiger partial charge >= 0.3 is 0 Å². The van der Waals surface area contributed by atoms with Crippen LogP contribution in [0.15, 0.2) is 6.07 Å². The van der Waals surface area contributed by atoms with Crippen LogP contribution in [0.5, 0.6) is 0 Å². The molecule has 3 nitrogen and oxygen atoms in total. The van der Waals surface area contributed by atoms with Crippen molar-refractivity contribution >= 4 is 5.82 Å². The maximum Gasteiger partial charge on any atom is 0.148 e. The summed E-state index contributed by atoms with van der Waals surface area (Å²) >= 11 is 0. The molecule has 1 aromatic rings. The van der Waals surface area contributed by atoms with Gasteiger partial charge in [0.2, 0.25) is 0 Å². The summed E-state index contributed by atoms with van der Waals surface area (Å²) < 4.78 is 1.93. The maximum absolute atomic E-state index is 4.46. The first kappa shape index (κ1) is 11.5. The van der Waals surface area contributed by atoms with Crippen LogP contribution in [0.4, 0.5) is 5.82 Å². The first-order valence-corrected chi connectivity index (χ1v) is 6.46. The van der Waals surface area contributed by atoms with Crippen LogP contribution in [-0.2, 0) is 7.05 Å². The molecule has 0 amide bonds. The van der Waals surface area contributed by atoms with Crippen molar-refractivity contribution in [1.29, 1.82) is 0 Å². The summed E-state index contributed by atoms with van der Waals surface area (Å²) in [5, 5.41) is 8.04. The number of hydrogen-bond acceptors (Lipinski definition) is 2. The van der Waals surface area contributed by atoms with E-state index in [1.54, 1.807) is 0 Å². The minimum atomic E-state index is 0.632. The predicted octanol–water partition coefficient (Wildman–Crippen LogP) is 3.11. The van der Waals surface area contributed by atoms with Gasteiger partial charge in [0, 0.05) is 24.8 Å². The average Bonchev–Trinajstić information content (AvgIpc) is 2.58. The van der Waals surface area contributed by atoms with Crippen molar-refractivity contribution in [1.82, 2.24) is 9.78 Å². The van der Waals surface area contributed by atoms with Gasteiger partial charge in [0.25, 0.3) is 0 Å². The van der Waals surface area contributed by atoms with Crippen LogP contribution < -0.4 is 5.32 Å². The standard InChI is InChI=1S/C13H23N3/c1-4-11-6-5-7-12(9-11)14-13-8-10(2)16(3)15-13/h8,11-12H,4-7,9H2,1-3H3,(H,14,15). The van der Waals surface area contributed by atoms with Crippen molar-refractivity contribution in [2.24, 2.45) is 13.0 Å². The number of hydrogen-bond donors (Lipinski definition) is 1. The third-order valence-electron chi connectivity index (χ3n) is 3.83. The zero-order valence-corrected chi connectivity index (χ0v) is 10.7. The lowest BCUT2D eigenvalue weighted by atomic mass is 9.84. The lowest BCUT2D eigenvalue weighted by Crippen LogP contribution is -2.27. The second-order valence-electron chi connectivity index (χ2n) is 5.08. The molecule has 1 N–H and O–H groups in total. The van der Waals surface area contributed by atoms with Crippen molar-refractivity contribution < 1.29 is 0 Å². The van der Waals surface area contributed by atoms with E-state index in [1.165, 1.54) is 37.8 Å². The Morgan fingerprint density at radius 3 is 2.94 bits per heavy atom. The minimum absolute atomic E-state index is 0.632. The summed E-state index contributed by atoms with van der Waals surface area (Å²) in [5.74, 6) is 1.96. The molecule has 2 rings (SSSR count). The molecule has 0 aromatic carbocycles. The Labute approximate surface area is 98.2 Å². The van der Waals surface area contributed by atoms with Gasteiger partial charge in [-0.2, -0.15) is 5.10 Å². The van der Waals surface area contributed by atoms with Gasteiger partial charge < -0.3 is 5.32 Å². The van der Waals surface area contributed by atoms with E-state index >= 15 is 0 Å². The zero-order chi connectivity index (χ0) is 11.5. The molecule has 90 valence electrons. The highest BCUT2D eigenvalue weighted by molar-refractivity contribution is 5.36. The van der Waals surface area contributed by atoms with Crippen molar-refractivity contribution in [3.8, 4) is 0 Å². The Kier molecular flexibility index (Phi) is 3.52. The fourth-order valence-corrected chi connectivity index (χ4v) is 2.63. The van der Waals surface area contributed by atoms with Crippen molar-refractivity contribution in [2.45, 2.75) is 52.0 Å². The van der Waals surface area contributed by atoms with E-state index in [9.17, 15) is 0 Å². The highest BCUT2D eigenvalue weighted by atomic mass is 15.3. The Balaban J connectivity index is 1.93. The molecule has 0 saturated heterocycles. The smallest absolute Gasteiger partial charge is 0.148 e. The van der Waals surface area contributed by atoms with Crippen molar-refractivity contribution in [2.75, 3.05) is 5.32 Å². The highest BCUT2D eigenvalue weighted by Crippen LogP contribution is 2.28. The molecule has 1 fully saturated rings. The summed E-state index contributed by atoms with van der Waals surface area (Å²) in [5.41, 5.74) is 1.21. The van der Waals surface area contributed by atoms with Gasteiger partial charge in [-0.15, -0.1) is 0 Å². The number of aromatic nitrogens is 2. The molecule has 1 aliphatic carbocycles. The Hall–Kier alpha value is -0.990. The SMILES string of the molecule is CCC1CCCC(Nc2cc(C)n(C)n2)C1. The molecule has 2 unspecified atom stereocenters. The predicted molar refractivity (Wildman–Crippen MR) is 67.6 cm³/mol. The monoisotopic (exact) mass is 221 g/mol. The molecule has 0 spiro atoms. The van der Waals surface area contributed by atoms with Crippen LogP contribution in [-0.4, -0.2) is 15.8 Å². The average molecular weight is 221 g/mol. The zero-order valence-electron chi connectivity index (χ0n) is 10.7. The number of nitrogens with one attached hydrogen (secondary N) is 1. The molecule has 2 atom stereocenters. The van der Waals surface area contributed by atoms with Crippen LogP contribution in [0.2, 0.25) is 0 Å². The van der Waals surface area contributed by atoms with Gasteiger partial charge in [-0.05, 0) is 25.7 Å². The van der Waals surface area contributed by atoms with Crippen LogP contribution in [0.3, 0.4) is 0 Å². The second kappa shape index (κ2) is 4.89. The number of aryl methyl sites for hydroxylation is 2. The van der Waals surface area contributed by atoms with E-state index in [0.717, 1.165) is 11.7 Å². The molecule has 1 aromatic heterocycles. The second-order valence-corrected chi connectivity index (χ2v) is 5.08. The lowest BCUT2D eigenvalue weighted by Gasteiger charge is -2.29. The quantitative estimate of drug-likeness (QED) is 0.850. The minimum Gasteiger partial charge on any atom is -0.366 e. The summed E-state index contributed by atoms with van der Waals surface area (Å²) in [6.45, 7) is 4.39. The van der Waals surface area contributed by atoms with Gasteiger partial charge in [-0.25, -0.2) is 0 Å². The van der Waals surface area contributed by atoms with Gasteiger partial charge in [0.1, 0.15) is 5.82 Å². The Bertz CT molecular complexity index is 323. The summed E-state index contributed by atoms with van der Waals surface area (Å²) in [4.78, 5) is 0. The first-order chi connectivity index (χ1) is 7.69. The molecule has 0 radical (unpaired) electrons. The van der Waals surface area contributed by atoms with E-state index in [2.05, 4.69) is 30.3 Å². The largest absolute Gasteiger partial charge is 0.366 e. The molecule has 3 heteroatoms. The van der Waals surface area contributed by atoms with Crippen LogP contribution in [0.25, 0.3) is 0 Å². The van der Waals surface area contributed by atoms with E-state index in [0.29, 0.717) is 6.04 Å². The van der Waals surface area contributed by atoms with E-state index < -0.39 is 0 Å². The molecule has 1 saturated carbocycles. The summed E-state index contributed by atoms with van der Waals surface area (Å²) in [6, 6.07) is 2.77. The molecule has 1 heterocycles. The third kappa shape index (κ3) is 2.57. The maximum atomic E-state index is 4.46. The molecule has 16 heavy (non-hydrogen) atoms. The normalized spacial score (nSPS) is 25.7. The Morgan fingerprint density at radius 2 is 2.31 bits per heavy atom. The number of nitrogens with zero attached hydrogens (tertiary/aromatic N) is 2. The van der Waals surface area contributed by atoms with Gasteiger partial charge in [0.15, 0.2) is 0 Å². The van der Waals surface area contributed by atoms with Crippen molar-refractivity contribution in [3.63, 3.8) is 0 Å². The topological polar surface area (TPSA) is 29.9 Å². The van der Waals surface area contributed by atoms with Crippen LogP contribution in [0, 0.1) is 12.8 Å². The van der Waals surface area contributed by atoms with E-state index in [1.807, 2.05) is 11.7 Å². The van der Waals surface area contributed by atoms with Gasteiger partial charge in [-0.1, -0.05) is 26.2 Å². The molecule has 1 aliphatic rings. The van der Waals surface area contributed by atoms with Crippen LogP contribution in [0.1, 0.15) is 44.7 Å². The highest BCUT2D eigenvalue weighted by Gasteiger charge is 2.21. The molecule has 0 bridgehead atoms. The molecule has 0 aliphatic heterocycles. The fourth-order valence-electron chi connectivity index (χ4n) is 2.63. The lowest BCUT2D eigenvalue weighted by molar-refractivity contribution is 0.327. The molecular weight excluding hydrogens is 198 g/mol. The van der Waals surface area contributed by atoms with Gasteiger partial charge in [0.05, 0.1) is 0 Å². The number of anilines is 1. The summed E-state index contributed by atoms with van der Waals surface area (Å²) in [7, 11) is 2.00. The first-order valence-electron chi connectivity index (χ1n) is 6.46. The van der Waals surface area contributed by atoms with E-state index in [4.69, 9.17) is 0 Å². The number of rotatable bonds is 3. The van der Waals surface area contributed by atoms with E-state index in [-0.39, 0.29) is 0 Å². The van der Waals surface area contributed by atoms with Gasteiger partial charge in [-0.3, -0.25) is 4.68 Å². The summed E-state index contributed by atoms with van der Waals surface area (Å²) in [6.07, 6.45) is 6.70. The van der Waals surface area contributed by atoms with Crippen molar-refractivity contribution in [3.05, 3.63) is 11.8 Å². The third-order valence-corrected chi connectivity index (χ3v) is 3.83. The van der Waals surface area contributed by atoms with Crippen LogP contribution >= 0.6 is 0 Å². The fraction of sp³-hybridized carbons (Fsp3) is 0.769. The molecular formula is C13H23N3. The Morgan fingerprint density at radius 1 is 1.50 bits per heavy atom.